The maximum atomic E-state index is 8.54. The van der Waals surface area contributed by atoms with E-state index in [1.165, 1.54) is 0 Å². The van der Waals surface area contributed by atoms with Crippen molar-refractivity contribution in [2.45, 2.75) is 6.42 Å². The summed E-state index contributed by atoms with van der Waals surface area (Å²) in [6.45, 7) is 0. The molecule has 9 heavy (non-hydrogen) atoms. The van der Waals surface area contributed by atoms with Crippen LogP contribution in [-0.2, 0) is 0 Å². The Morgan fingerprint density at radius 3 is 2.78 bits per heavy atom. The summed E-state index contributed by atoms with van der Waals surface area (Å²) in [6.07, 6.45) is 7.56. The third kappa shape index (κ3) is 0.533. The van der Waals surface area contributed by atoms with Gasteiger partial charge < -0.3 is 0 Å². The van der Waals surface area contributed by atoms with Crippen molar-refractivity contribution in [2.24, 2.45) is 11.8 Å². The van der Waals surface area contributed by atoms with E-state index in [-0.39, 0.29) is 0 Å². The molecular formula is C8H7N. The van der Waals surface area contributed by atoms with E-state index in [1.54, 1.807) is 0 Å². The molecule has 0 amide bonds. The smallest absolute Gasteiger partial charge is 0.0950 e. The van der Waals surface area contributed by atoms with Crippen LogP contribution in [0.4, 0.5) is 0 Å². The maximum absolute atomic E-state index is 8.54. The van der Waals surface area contributed by atoms with Crippen molar-refractivity contribution in [3.05, 3.63) is 23.8 Å². The second-order valence-corrected chi connectivity index (χ2v) is 2.62. The Morgan fingerprint density at radius 1 is 1.56 bits per heavy atom. The lowest BCUT2D eigenvalue weighted by Crippen LogP contribution is -1.88. The summed E-state index contributed by atoms with van der Waals surface area (Å²) < 4.78 is 0. The van der Waals surface area contributed by atoms with Crippen LogP contribution in [0.1, 0.15) is 6.42 Å². The average Bonchev–Trinajstić information content (AvgIpc) is 2.45. The number of rotatable bonds is 0. The van der Waals surface area contributed by atoms with Crippen molar-refractivity contribution in [2.75, 3.05) is 0 Å². The van der Waals surface area contributed by atoms with Crippen LogP contribution in [0.5, 0.6) is 0 Å². The Hall–Kier alpha value is -1.03. The molecule has 2 atom stereocenters. The van der Waals surface area contributed by atoms with E-state index in [4.69, 9.17) is 5.26 Å². The molecule has 0 radical (unpaired) electrons. The molecule has 0 unspecified atom stereocenters. The van der Waals surface area contributed by atoms with Gasteiger partial charge in [-0.1, -0.05) is 18.2 Å². The lowest BCUT2D eigenvalue weighted by Gasteiger charge is -1.96. The Balaban J connectivity index is 2.35. The third-order valence-electron chi connectivity index (χ3n) is 2.04. The van der Waals surface area contributed by atoms with Crippen molar-refractivity contribution in [1.29, 1.82) is 5.26 Å². The molecule has 0 fully saturated rings. The maximum Gasteiger partial charge on any atom is 0.0950 e. The predicted molar refractivity (Wildman–Crippen MR) is 34.4 cm³/mol. The summed E-state index contributed by atoms with van der Waals surface area (Å²) in [5.41, 5.74) is 0.975. The van der Waals surface area contributed by atoms with Crippen molar-refractivity contribution < 1.29 is 0 Å². The first-order chi connectivity index (χ1) is 4.40. The van der Waals surface area contributed by atoms with Crippen LogP contribution in [0.15, 0.2) is 23.8 Å². The molecule has 0 aromatic heterocycles. The highest BCUT2D eigenvalue weighted by Gasteiger charge is 2.27. The van der Waals surface area contributed by atoms with Gasteiger partial charge in [-0.25, -0.2) is 0 Å². The van der Waals surface area contributed by atoms with Gasteiger partial charge in [0, 0.05) is 11.5 Å². The lowest BCUT2D eigenvalue weighted by atomic mass is 10.1. The molecule has 0 spiro atoms. The minimum Gasteiger partial charge on any atom is -0.193 e. The quantitative estimate of drug-likeness (QED) is 0.442. The standard InChI is InChI=1S/C8H7N/c9-5-8-4-6-1-2-7(8)3-6/h1-2,4,6-7H,3H2/t6-,7+/m1/s1. The first-order valence-corrected chi connectivity index (χ1v) is 3.20. The van der Waals surface area contributed by atoms with E-state index in [2.05, 4.69) is 24.3 Å². The van der Waals surface area contributed by atoms with E-state index >= 15 is 0 Å². The van der Waals surface area contributed by atoms with Gasteiger partial charge in [0.2, 0.25) is 0 Å². The van der Waals surface area contributed by atoms with Crippen LogP contribution in [0, 0.1) is 23.2 Å². The van der Waals surface area contributed by atoms with E-state index in [1.807, 2.05) is 0 Å². The molecule has 1 nitrogen and oxygen atoms in total. The Kier molecular flexibility index (Phi) is 0.790. The first kappa shape index (κ1) is 4.81. The average molecular weight is 117 g/mol. The molecule has 1 heteroatoms. The number of allylic oxidation sites excluding steroid dienone is 4. The highest BCUT2D eigenvalue weighted by molar-refractivity contribution is 5.38. The molecular weight excluding hydrogens is 110 g/mol. The zero-order chi connectivity index (χ0) is 6.27. The number of nitriles is 1. The molecule has 0 N–H and O–H groups in total. The predicted octanol–water partition coefficient (Wildman–Crippen LogP) is 1.64. The van der Waals surface area contributed by atoms with E-state index < -0.39 is 0 Å². The Morgan fingerprint density at radius 2 is 2.44 bits per heavy atom. The molecule has 0 aromatic rings. The van der Waals surface area contributed by atoms with Gasteiger partial charge in [0.25, 0.3) is 0 Å². The molecule has 2 bridgehead atoms. The van der Waals surface area contributed by atoms with Gasteiger partial charge in [-0.3, -0.25) is 0 Å². The number of fused-ring (bicyclic) bond motifs is 2. The molecule has 44 valence electrons. The van der Waals surface area contributed by atoms with Crippen LogP contribution >= 0.6 is 0 Å². The topological polar surface area (TPSA) is 23.8 Å². The van der Waals surface area contributed by atoms with Crippen LogP contribution in [-0.4, -0.2) is 0 Å². The summed E-state index contributed by atoms with van der Waals surface area (Å²) in [5, 5.41) is 8.54. The molecule has 0 aromatic carbocycles. The largest absolute Gasteiger partial charge is 0.193 e. The minimum absolute atomic E-state index is 0.472. The second-order valence-electron chi connectivity index (χ2n) is 2.62. The Bertz CT molecular complexity index is 229. The molecule has 0 saturated carbocycles. The fourth-order valence-electron chi connectivity index (χ4n) is 1.56. The molecule has 2 rings (SSSR count). The normalized spacial score (nSPS) is 36.6. The first-order valence-electron chi connectivity index (χ1n) is 3.20. The van der Waals surface area contributed by atoms with Crippen molar-refractivity contribution >= 4 is 0 Å². The van der Waals surface area contributed by atoms with Gasteiger partial charge >= 0.3 is 0 Å². The fourth-order valence-corrected chi connectivity index (χ4v) is 1.56. The van der Waals surface area contributed by atoms with Gasteiger partial charge in [-0.15, -0.1) is 0 Å². The van der Waals surface area contributed by atoms with Crippen LogP contribution < -0.4 is 0 Å². The summed E-state index contributed by atoms with van der Waals surface area (Å²) in [6, 6.07) is 2.21. The van der Waals surface area contributed by atoms with E-state index in [9.17, 15) is 0 Å². The zero-order valence-corrected chi connectivity index (χ0v) is 5.04. The summed E-state index contributed by atoms with van der Waals surface area (Å²) >= 11 is 0. The fraction of sp³-hybridized carbons (Fsp3) is 0.375. The van der Waals surface area contributed by atoms with Gasteiger partial charge in [0.15, 0.2) is 0 Å². The SMILES string of the molecule is N#CC1=C[C@@H]2C=C[C@H]1C2. The third-order valence-corrected chi connectivity index (χ3v) is 2.04. The van der Waals surface area contributed by atoms with Crippen molar-refractivity contribution in [3.8, 4) is 6.07 Å². The summed E-state index contributed by atoms with van der Waals surface area (Å²) in [7, 11) is 0. The second kappa shape index (κ2) is 1.48. The molecule has 0 saturated heterocycles. The van der Waals surface area contributed by atoms with Crippen molar-refractivity contribution in [1.82, 2.24) is 0 Å². The number of hydrogen-bond donors (Lipinski definition) is 0. The molecule has 0 aliphatic heterocycles. The minimum atomic E-state index is 0.472. The van der Waals surface area contributed by atoms with Gasteiger partial charge in [0.1, 0.15) is 0 Å². The molecule has 2 aliphatic rings. The summed E-state index contributed by atoms with van der Waals surface area (Å²) in [4.78, 5) is 0. The van der Waals surface area contributed by atoms with Crippen LogP contribution in [0.2, 0.25) is 0 Å². The zero-order valence-electron chi connectivity index (χ0n) is 5.04. The van der Waals surface area contributed by atoms with Crippen molar-refractivity contribution in [3.63, 3.8) is 0 Å². The van der Waals surface area contributed by atoms with Gasteiger partial charge in [0.05, 0.1) is 6.07 Å². The Labute approximate surface area is 54.3 Å². The van der Waals surface area contributed by atoms with E-state index in [0.29, 0.717) is 11.8 Å². The lowest BCUT2D eigenvalue weighted by molar-refractivity contribution is 0.722. The number of hydrogen-bond acceptors (Lipinski definition) is 1. The summed E-state index contributed by atoms with van der Waals surface area (Å²) in [5.74, 6) is 1.06. The van der Waals surface area contributed by atoms with Crippen LogP contribution in [0.25, 0.3) is 0 Å². The highest BCUT2D eigenvalue weighted by atomic mass is 14.3. The van der Waals surface area contributed by atoms with Crippen LogP contribution in [0.3, 0.4) is 0 Å². The number of nitrogens with zero attached hydrogens (tertiary/aromatic N) is 1. The monoisotopic (exact) mass is 117 g/mol. The van der Waals surface area contributed by atoms with E-state index in [0.717, 1.165) is 12.0 Å². The highest BCUT2D eigenvalue weighted by Crippen LogP contribution is 2.37. The molecule has 0 heterocycles. The van der Waals surface area contributed by atoms with Gasteiger partial charge in [-0.2, -0.15) is 5.26 Å². The molecule has 2 aliphatic carbocycles. The van der Waals surface area contributed by atoms with Gasteiger partial charge in [-0.05, 0) is 12.3 Å².